The number of benzene rings is 2. The van der Waals surface area contributed by atoms with E-state index in [9.17, 15) is 9.59 Å². The van der Waals surface area contributed by atoms with Crippen molar-refractivity contribution >= 4 is 28.7 Å². The monoisotopic (exact) mass is 497 g/mol. The van der Waals surface area contributed by atoms with Gasteiger partial charge in [0.25, 0.3) is 5.91 Å². The van der Waals surface area contributed by atoms with E-state index in [0.717, 1.165) is 38.0 Å². The molecular weight excluding hydrogens is 466 g/mol. The summed E-state index contributed by atoms with van der Waals surface area (Å²) in [7, 11) is 0. The van der Waals surface area contributed by atoms with Crippen molar-refractivity contribution in [1.82, 2.24) is 24.8 Å². The van der Waals surface area contributed by atoms with Crippen LogP contribution >= 0.6 is 0 Å². The van der Waals surface area contributed by atoms with Crippen molar-refractivity contribution in [2.45, 2.75) is 12.8 Å². The fourth-order valence-electron chi connectivity index (χ4n) is 4.64. The molecule has 0 saturated carbocycles. The number of aromatic nitrogens is 3. The maximum atomic E-state index is 13.3. The van der Waals surface area contributed by atoms with Crippen LogP contribution in [0.15, 0.2) is 66.7 Å². The average molecular weight is 498 g/mol. The number of fused-ring (bicyclic) bond motifs is 1. The molecule has 0 atom stereocenters. The standard InChI is InChI=1S/C28H31N7O2/c29-24(36)19-30-26-22-18-23(31-27(22)33-25(32-26)21-11-5-2-6-12-21)28(37)35-16-14-34(15-17-35)13-7-10-20-8-3-1-4-9-20/h1-6,8-9,11-12,18H,7,10,13-17,19H2,(H2,29,36)(H2,30,31,32,33). The molecule has 0 unspecified atom stereocenters. The highest BCUT2D eigenvalue weighted by molar-refractivity contribution is 6.00. The van der Waals surface area contributed by atoms with E-state index in [-0.39, 0.29) is 12.5 Å². The van der Waals surface area contributed by atoms with Gasteiger partial charge in [0, 0.05) is 31.7 Å². The Bertz CT molecular complexity index is 1360. The Hall–Kier alpha value is -4.24. The molecule has 0 spiro atoms. The maximum Gasteiger partial charge on any atom is 0.270 e. The van der Waals surface area contributed by atoms with Crippen LogP contribution < -0.4 is 11.1 Å². The van der Waals surface area contributed by atoms with Crippen LogP contribution in [-0.2, 0) is 11.2 Å². The molecule has 2 aromatic heterocycles. The molecule has 9 heteroatoms. The van der Waals surface area contributed by atoms with Crippen molar-refractivity contribution in [3.63, 3.8) is 0 Å². The topological polar surface area (TPSA) is 120 Å². The predicted molar refractivity (Wildman–Crippen MR) is 144 cm³/mol. The molecule has 0 radical (unpaired) electrons. The third-order valence-corrected chi connectivity index (χ3v) is 6.62. The lowest BCUT2D eigenvalue weighted by atomic mass is 10.1. The van der Waals surface area contributed by atoms with Gasteiger partial charge in [0.15, 0.2) is 5.82 Å². The predicted octanol–water partition coefficient (Wildman–Crippen LogP) is 2.91. The first-order valence-corrected chi connectivity index (χ1v) is 12.6. The Balaban J connectivity index is 1.27. The zero-order chi connectivity index (χ0) is 25.6. The summed E-state index contributed by atoms with van der Waals surface area (Å²) in [6, 6.07) is 21.8. The molecule has 9 nitrogen and oxygen atoms in total. The molecule has 0 bridgehead atoms. The fourth-order valence-corrected chi connectivity index (χ4v) is 4.64. The minimum absolute atomic E-state index is 0.0657. The molecule has 4 N–H and O–H groups in total. The molecule has 0 aliphatic carbocycles. The fraction of sp³-hybridized carbons (Fsp3) is 0.286. The lowest BCUT2D eigenvalue weighted by Crippen LogP contribution is -2.49. The zero-order valence-corrected chi connectivity index (χ0v) is 20.7. The number of nitrogens with zero attached hydrogens (tertiary/aromatic N) is 4. The lowest BCUT2D eigenvalue weighted by molar-refractivity contribution is -0.116. The molecule has 1 saturated heterocycles. The molecule has 1 fully saturated rings. The van der Waals surface area contributed by atoms with Gasteiger partial charge in [0.05, 0.1) is 11.9 Å². The number of carbonyl (C=O) groups excluding carboxylic acids is 2. The molecule has 1 aliphatic heterocycles. The van der Waals surface area contributed by atoms with Crippen LogP contribution in [0.4, 0.5) is 5.82 Å². The van der Waals surface area contributed by atoms with E-state index in [1.807, 2.05) is 41.3 Å². The molecule has 2 amide bonds. The van der Waals surface area contributed by atoms with E-state index >= 15 is 0 Å². The van der Waals surface area contributed by atoms with Crippen LogP contribution in [0.5, 0.6) is 0 Å². The van der Waals surface area contributed by atoms with Gasteiger partial charge in [-0.25, -0.2) is 9.97 Å². The van der Waals surface area contributed by atoms with Gasteiger partial charge < -0.3 is 20.9 Å². The van der Waals surface area contributed by atoms with Crippen molar-refractivity contribution in [1.29, 1.82) is 0 Å². The molecule has 3 heterocycles. The van der Waals surface area contributed by atoms with Gasteiger partial charge >= 0.3 is 0 Å². The van der Waals surface area contributed by atoms with Gasteiger partial charge in [0.1, 0.15) is 17.2 Å². The number of H-pyrrole nitrogens is 1. The van der Waals surface area contributed by atoms with E-state index in [1.54, 1.807) is 6.07 Å². The molecule has 4 aromatic rings. The van der Waals surface area contributed by atoms with Crippen molar-refractivity contribution in [2.75, 3.05) is 44.6 Å². The van der Waals surface area contributed by atoms with Gasteiger partial charge in [0.2, 0.25) is 5.91 Å². The molecule has 190 valence electrons. The van der Waals surface area contributed by atoms with Crippen LogP contribution in [-0.4, -0.2) is 75.8 Å². The van der Waals surface area contributed by atoms with Crippen molar-refractivity contribution in [2.24, 2.45) is 5.73 Å². The number of hydrogen-bond acceptors (Lipinski definition) is 6. The summed E-state index contributed by atoms with van der Waals surface area (Å²) in [5.41, 5.74) is 8.51. The average Bonchev–Trinajstić information content (AvgIpc) is 3.37. The highest BCUT2D eigenvalue weighted by atomic mass is 16.2. The quantitative estimate of drug-likeness (QED) is 0.327. The van der Waals surface area contributed by atoms with Crippen molar-refractivity contribution in [3.05, 3.63) is 78.0 Å². The minimum atomic E-state index is -0.499. The van der Waals surface area contributed by atoms with E-state index < -0.39 is 5.91 Å². The summed E-state index contributed by atoms with van der Waals surface area (Å²) in [5, 5.41) is 3.63. The van der Waals surface area contributed by atoms with Gasteiger partial charge in [-0.1, -0.05) is 60.7 Å². The molecular formula is C28H31N7O2. The lowest BCUT2D eigenvalue weighted by Gasteiger charge is -2.34. The Kier molecular flexibility index (Phi) is 7.41. The van der Waals surface area contributed by atoms with Crippen LogP contribution in [0.1, 0.15) is 22.5 Å². The SMILES string of the molecule is NC(=O)CNc1nc(-c2ccccc2)nc2[nH]c(C(=O)N3CCN(CCCc4ccccc4)CC3)cc12. The number of nitrogens with two attached hydrogens (primary N) is 1. The van der Waals surface area contributed by atoms with Gasteiger partial charge in [-0.2, -0.15) is 0 Å². The number of rotatable bonds is 9. The van der Waals surface area contributed by atoms with Crippen molar-refractivity contribution < 1.29 is 9.59 Å². The van der Waals surface area contributed by atoms with Crippen LogP contribution in [0.3, 0.4) is 0 Å². The summed E-state index contributed by atoms with van der Waals surface area (Å²) in [6.07, 6.45) is 2.16. The summed E-state index contributed by atoms with van der Waals surface area (Å²) in [5.74, 6) is 0.386. The Labute approximate surface area is 215 Å². The Morgan fingerprint density at radius 2 is 1.65 bits per heavy atom. The van der Waals surface area contributed by atoms with Crippen molar-refractivity contribution in [3.8, 4) is 11.4 Å². The van der Waals surface area contributed by atoms with Gasteiger partial charge in [-0.3, -0.25) is 14.5 Å². The third kappa shape index (κ3) is 5.95. The number of amides is 2. The first-order chi connectivity index (χ1) is 18.1. The van der Waals surface area contributed by atoms with Crippen LogP contribution in [0.25, 0.3) is 22.4 Å². The number of anilines is 1. The highest BCUT2D eigenvalue weighted by Crippen LogP contribution is 2.26. The summed E-state index contributed by atoms with van der Waals surface area (Å²) in [4.78, 5) is 41.5. The maximum absolute atomic E-state index is 13.3. The number of piperazine rings is 1. The Morgan fingerprint density at radius 3 is 2.35 bits per heavy atom. The van der Waals surface area contributed by atoms with E-state index in [1.165, 1.54) is 5.56 Å². The molecule has 5 rings (SSSR count). The normalized spacial score (nSPS) is 14.1. The second-order valence-electron chi connectivity index (χ2n) is 9.25. The summed E-state index contributed by atoms with van der Waals surface area (Å²) in [6.45, 7) is 4.01. The first-order valence-electron chi connectivity index (χ1n) is 12.6. The van der Waals surface area contributed by atoms with E-state index in [0.29, 0.717) is 41.5 Å². The highest BCUT2D eigenvalue weighted by Gasteiger charge is 2.24. The molecule has 2 aromatic carbocycles. The number of aromatic amines is 1. The van der Waals surface area contributed by atoms with Crippen LogP contribution in [0, 0.1) is 0 Å². The number of hydrogen-bond donors (Lipinski definition) is 3. The second kappa shape index (κ2) is 11.2. The number of primary amides is 1. The third-order valence-electron chi connectivity index (χ3n) is 6.62. The zero-order valence-electron chi connectivity index (χ0n) is 20.7. The molecule has 1 aliphatic rings. The minimum Gasteiger partial charge on any atom is -0.368 e. The molecule has 37 heavy (non-hydrogen) atoms. The largest absolute Gasteiger partial charge is 0.368 e. The number of carbonyl (C=O) groups is 2. The second-order valence-corrected chi connectivity index (χ2v) is 9.25. The smallest absolute Gasteiger partial charge is 0.270 e. The van der Waals surface area contributed by atoms with Gasteiger partial charge in [-0.05, 0) is 31.0 Å². The number of nitrogens with one attached hydrogen (secondary N) is 2. The number of aryl methyl sites for hydroxylation is 1. The van der Waals surface area contributed by atoms with Gasteiger partial charge in [-0.15, -0.1) is 0 Å². The summed E-state index contributed by atoms with van der Waals surface area (Å²) >= 11 is 0. The van der Waals surface area contributed by atoms with E-state index in [4.69, 9.17) is 5.73 Å². The van der Waals surface area contributed by atoms with E-state index in [2.05, 4.69) is 49.4 Å². The summed E-state index contributed by atoms with van der Waals surface area (Å²) < 4.78 is 0. The van der Waals surface area contributed by atoms with Crippen LogP contribution in [0.2, 0.25) is 0 Å². The first kappa shape index (κ1) is 24.5. The Morgan fingerprint density at radius 1 is 0.946 bits per heavy atom.